The molecule has 0 heterocycles. The maximum absolute atomic E-state index is 6.10. The molecule has 0 aliphatic carbocycles. The van der Waals surface area contributed by atoms with E-state index in [-0.39, 0.29) is 0 Å². The lowest BCUT2D eigenvalue weighted by Crippen LogP contribution is -2.21. The molecule has 0 spiro atoms. The van der Waals surface area contributed by atoms with Gasteiger partial charge in [-0.3, -0.25) is 0 Å². The standard InChI is InChI=1S/C16H18Cl2N2O/c1-21-13-7-5-12(6-8-13)11-19-9-10-20-15-4-2-3-14(17)16(15)18/h2-8,19-20H,9-11H2,1H3. The molecule has 2 rings (SSSR count). The number of methoxy groups -OCH3 is 1. The van der Waals surface area contributed by atoms with Gasteiger partial charge in [-0.15, -0.1) is 0 Å². The van der Waals surface area contributed by atoms with Gasteiger partial charge < -0.3 is 15.4 Å². The molecule has 0 unspecified atom stereocenters. The number of benzene rings is 2. The molecule has 0 saturated heterocycles. The third-order valence-electron chi connectivity index (χ3n) is 3.06. The maximum atomic E-state index is 6.10. The number of hydrogen-bond acceptors (Lipinski definition) is 3. The van der Waals surface area contributed by atoms with Crippen LogP contribution < -0.4 is 15.4 Å². The third-order valence-corrected chi connectivity index (χ3v) is 3.88. The zero-order valence-electron chi connectivity index (χ0n) is 11.8. The quantitative estimate of drug-likeness (QED) is 0.749. The van der Waals surface area contributed by atoms with Gasteiger partial charge in [0.15, 0.2) is 0 Å². The summed E-state index contributed by atoms with van der Waals surface area (Å²) in [4.78, 5) is 0. The third kappa shape index (κ3) is 4.81. The van der Waals surface area contributed by atoms with Crippen LogP contribution in [-0.2, 0) is 6.54 Å². The summed E-state index contributed by atoms with van der Waals surface area (Å²) in [6.45, 7) is 2.42. The largest absolute Gasteiger partial charge is 0.497 e. The summed E-state index contributed by atoms with van der Waals surface area (Å²) in [5.74, 6) is 0.871. The molecule has 0 radical (unpaired) electrons. The van der Waals surface area contributed by atoms with Crippen LogP contribution >= 0.6 is 23.2 Å². The Morgan fingerprint density at radius 1 is 1.00 bits per heavy atom. The highest BCUT2D eigenvalue weighted by atomic mass is 35.5. The molecule has 0 aliphatic rings. The molecule has 0 atom stereocenters. The summed E-state index contributed by atoms with van der Waals surface area (Å²) in [5, 5.41) is 7.75. The molecule has 5 heteroatoms. The van der Waals surface area contributed by atoms with E-state index in [2.05, 4.69) is 10.6 Å². The van der Waals surface area contributed by atoms with Crippen LogP contribution in [0.4, 0.5) is 5.69 Å². The second-order valence-corrected chi connectivity index (χ2v) is 5.34. The van der Waals surface area contributed by atoms with Crippen molar-refractivity contribution < 1.29 is 4.74 Å². The normalized spacial score (nSPS) is 10.4. The van der Waals surface area contributed by atoms with Crippen LogP contribution in [0.1, 0.15) is 5.56 Å². The Bertz CT molecular complexity index is 573. The molecule has 2 aromatic rings. The first-order valence-corrected chi connectivity index (χ1v) is 7.48. The summed E-state index contributed by atoms with van der Waals surface area (Å²) in [6.07, 6.45) is 0. The second kappa shape index (κ2) is 8.13. The Morgan fingerprint density at radius 3 is 2.48 bits per heavy atom. The van der Waals surface area contributed by atoms with Gasteiger partial charge in [0.25, 0.3) is 0 Å². The monoisotopic (exact) mass is 324 g/mol. The van der Waals surface area contributed by atoms with E-state index in [0.29, 0.717) is 10.0 Å². The van der Waals surface area contributed by atoms with Gasteiger partial charge in [-0.25, -0.2) is 0 Å². The first kappa shape index (κ1) is 16.0. The van der Waals surface area contributed by atoms with E-state index in [1.165, 1.54) is 5.56 Å². The molecule has 0 fully saturated rings. The summed E-state index contributed by atoms with van der Waals surface area (Å²) in [5.41, 5.74) is 2.08. The van der Waals surface area contributed by atoms with E-state index in [1.807, 2.05) is 36.4 Å². The van der Waals surface area contributed by atoms with Crippen molar-refractivity contribution in [2.24, 2.45) is 0 Å². The Balaban J connectivity index is 1.71. The highest BCUT2D eigenvalue weighted by Crippen LogP contribution is 2.29. The smallest absolute Gasteiger partial charge is 0.118 e. The van der Waals surface area contributed by atoms with Gasteiger partial charge in [-0.05, 0) is 29.8 Å². The average Bonchev–Trinajstić information content (AvgIpc) is 2.51. The van der Waals surface area contributed by atoms with Crippen LogP contribution in [0.25, 0.3) is 0 Å². The molecule has 3 nitrogen and oxygen atoms in total. The molecule has 2 N–H and O–H groups in total. The highest BCUT2D eigenvalue weighted by molar-refractivity contribution is 6.43. The first-order valence-electron chi connectivity index (χ1n) is 6.72. The molecular formula is C16H18Cl2N2O. The Kier molecular flexibility index (Phi) is 6.18. The van der Waals surface area contributed by atoms with Crippen molar-refractivity contribution in [2.75, 3.05) is 25.5 Å². The van der Waals surface area contributed by atoms with E-state index in [9.17, 15) is 0 Å². The van der Waals surface area contributed by atoms with Gasteiger partial charge >= 0.3 is 0 Å². The van der Waals surface area contributed by atoms with Gasteiger partial charge in [0.2, 0.25) is 0 Å². The van der Waals surface area contributed by atoms with Crippen LogP contribution in [-0.4, -0.2) is 20.2 Å². The highest BCUT2D eigenvalue weighted by Gasteiger charge is 2.02. The van der Waals surface area contributed by atoms with Crippen LogP contribution in [0.15, 0.2) is 42.5 Å². The zero-order valence-corrected chi connectivity index (χ0v) is 13.3. The van der Waals surface area contributed by atoms with Crippen LogP contribution in [0.2, 0.25) is 10.0 Å². The number of ether oxygens (including phenoxy) is 1. The predicted molar refractivity (Wildman–Crippen MR) is 89.7 cm³/mol. The van der Waals surface area contributed by atoms with Crippen LogP contribution in [0, 0.1) is 0 Å². The fourth-order valence-electron chi connectivity index (χ4n) is 1.90. The van der Waals surface area contributed by atoms with Gasteiger partial charge in [-0.1, -0.05) is 41.4 Å². The van der Waals surface area contributed by atoms with Crippen molar-refractivity contribution in [2.45, 2.75) is 6.54 Å². The Hall–Kier alpha value is -1.42. The molecule has 112 valence electrons. The Labute approximate surface area is 135 Å². The number of rotatable bonds is 7. The molecule has 0 aliphatic heterocycles. The van der Waals surface area contributed by atoms with E-state index in [4.69, 9.17) is 27.9 Å². The lowest BCUT2D eigenvalue weighted by atomic mass is 10.2. The van der Waals surface area contributed by atoms with Crippen LogP contribution in [0.5, 0.6) is 5.75 Å². The van der Waals surface area contributed by atoms with Crippen molar-refractivity contribution >= 4 is 28.9 Å². The number of anilines is 1. The second-order valence-electron chi connectivity index (χ2n) is 4.55. The summed E-state index contributed by atoms with van der Waals surface area (Å²) < 4.78 is 5.13. The minimum atomic E-state index is 0.563. The predicted octanol–water partition coefficient (Wildman–Crippen LogP) is 4.20. The minimum absolute atomic E-state index is 0.563. The summed E-state index contributed by atoms with van der Waals surface area (Å²) in [6, 6.07) is 13.6. The SMILES string of the molecule is COc1ccc(CNCCNc2cccc(Cl)c2Cl)cc1. The zero-order chi connectivity index (χ0) is 15.1. The molecule has 0 amide bonds. The van der Waals surface area contributed by atoms with E-state index in [0.717, 1.165) is 31.1 Å². The minimum Gasteiger partial charge on any atom is -0.497 e. The lowest BCUT2D eigenvalue weighted by molar-refractivity contribution is 0.414. The fourth-order valence-corrected chi connectivity index (χ4v) is 2.27. The summed E-state index contributed by atoms with van der Waals surface area (Å²) in [7, 11) is 1.67. The average molecular weight is 325 g/mol. The topological polar surface area (TPSA) is 33.3 Å². The molecule has 21 heavy (non-hydrogen) atoms. The van der Waals surface area contributed by atoms with Gasteiger partial charge in [0, 0.05) is 19.6 Å². The van der Waals surface area contributed by atoms with Crippen molar-refractivity contribution in [1.82, 2.24) is 5.32 Å². The first-order chi connectivity index (χ1) is 10.2. The lowest BCUT2D eigenvalue weighted by Gasteiger charge is -2.10. The fraction of sp³-hybridized carbons (Fsp3) is 0.250. The number of hydrogen-bond donors (Lipinski definition) is 2. The van der Waals surface area contributed by atoms with Crippen molar-refractivity contribution in [1.29, 1.82) is 0 Å². The molecule has 0 bridgehead atoms. The van der Waals surface area contributed by atoms with Gasteiger partial charge in [0.05, 0.1) is 22.8 Å². The van der Waals surface area contributed by atoms with E-state index in [1.54, 1.807) is 13.2 Å². The number of halogens is 2. The van der Waals surface area contributed by atoms with Gasteiger partial charge in [0.1, 0.15) is 5.75 Å². The van der Waals surface area contributed by atoms with Crippen molar-refractivity contribution in [3.8, 4) is 5.75 Å². The van der Waals surface area contributed by atoms with Crippen molar-refractivity contribution in [3.05, 3.63) is 58.1 Å². The molecular weight excluding hydrogens is 307 g/mol. The van der Waals surface area contributed by atoms with E-state index >= 15 is 0 Å². The molecule has 2 aromatic carbocycles. The number of nitrogens with one attached hydrogen (secondary N) is 2. The maximum Gasteiger partial charge on any atom is 0.118 e. The van der Waals surface area contributed by atoms with Crippen molar-refractivity contribution in [3.63, 3.8) is 0 Å². The van der Waals surface area contributed by atoms with Gasteiger partial charge in [-0.2, -0.15) is 0 Å². The molecule has 0 saturated carbocycles. The van der Waals surface area contributed by atoms with E-state index < -0.39 is 0 Å². The molecule has 0 aromatic heterocycles. The Morgan fingerprint density at radius 2 is 1.76 bits per heavy atom. The summed E-state index contributed by atoms with van der Waals surface area (Å²) >= 11 is 12.1. The van der Waals surface area contributed by atoms with Crippen LogP contribution in [0.3, 0.4) is 0 Å².